The molecule has 0 heteroatoms. The first kappa shape index (κ1) is 7.84. The van der Waals surface area contributed by atoms with Gasteiger partial charge in [-0.2, -0.15) is 0 Å². The summed E-state index contributed by atoms with van der Waals surface area (Å²) in [5.74, 6) is 1.89. The second-order valence-corrected chi connectivity index (χ2v) is 3.52. The van der Waals surface area contributed by atoms with E-state index in [0.29, 0.717) is 0 Å². The van der Waals surface area contributed by atoms with Crippen LogP contribution < -0.4 is 0 Å². The molecule has 2 atom stereocenters. The molecule has 1 aliphatic rings. The largest absolute Gasteiger partial charge is 0.0856 e. The third-order valence-corrected chi connectivity index (χ3v) is 2.73. The van der Waals surface area contributed by atoms with Gasteiger partial charge in [0.1, 0.15) is 0 Å². The quantitative estimate of drug-likeness (QED) is 0.513. The number of rotatable bonds is 2. The summed E-state index contributed by atoms with van der Waals surface area (Å²) in [6.45, 7) is 6.86. The van der Waals surface area contributed by atoms with E-state index < -0.39 is 0 Å². The first-order valence-electron chi connectivity index (χ1n) is 4.42. The summed E-state index contributed by atoms with van der Waals surface area (Å²) in [5, 5.41) is 0. The molecule has 10 heavy (non-hydrogen) atoms. The lowest BCUT2D eigenvalue weighted by atomic mass is 9.71. The van der Waals surface area contributed by atoms with Crippen LogP contribution in [0.3, 0.4) is 0 Å². The minimum Gasteiger partial charge on any atom is -0.0856 e. The summed E-state index contributed by atoms with van der Waals surface area (Å²) in [6, 6.07) is 0. The van der Waals surface area contributed by atoms with Gasteiger partial charge in [0.15, 0.2) is 0 Å². The molecule has 0 radical (unpaired) electrons. The molecule has 0 spiro atoms. The fraction of sp³-hybridized carbons (Fsp3) is 0.800. The van der Waals surface area contributed by atoms with E-state index in [1.165, 1.54) is 19.3 Å². The molecular weight excluding hydrogens is 120 g/mol. The Morgan fingerprint density at radius 2 is 2.20 bits per heavy atom. The van der Waals surface area contributed by atoms with Crippen LogP contribution in [-0.2, 0) is 0 Å². The average Bonchev–Trinajstić information content (AvgIpc) is 1.85. The first-order chi connectivity index (χ1) is 4.75. The third-order valence-electron chi connectivity index (χ3n) is 2.73. The van der Waals surface area contributed by atoms with E-state index >= 15 is 0 Å². The van der Waals surface area contributed by atoms with E-state index in [0.717, 1.165) is 11.8 Å². The minimum atomic E-state index is 0.931. The van der Waals surface area contributed by atoms with E-state index in [9.17, 15) is 0 Å². The van der Waals surface area contributed by atoms with Crippen LogP contribution >= 0.6 is 0 Å². The summed E-state index contributed by atoms with van der Waals surface area (Å²) >= 11 is 0. The molecule has 0 heterocycles. The van der Waals surface area contributed by atoms with Crippen molar-refractivity contribution in [2.75, 3.05) is 0 Å². The Balaban J connectivity index is 2.41. The highest BCUT2D eigenvalue weighted by Crippen LogP contribution is 2.38. The van der Waals surface area contributed by atoms with Gasteiger partial charge in [-0.15, -0.1) is 0 Å². The van der Waals surface area contributed by atoms with E-state index in [2.05, 4.69) is 26.8 Å². The Bertz CT molecular complexity index is 133. The molecule has 2 unspecified atom stereocenters. The standard InChI is InChI=1S/C10H18/c1-4-5-8(2)10-7-6-9(10)3/h5,9-10H,4,6-7H2,1-3H3. The smallest absolute Gasteiger partial charge is 0.0180 e. The van der Waals surface area contributed by atoms with Gasteiger partial charge in [0, 0.05) is 0 Å². The molecule has 0 amide bonds. The van der Waals surface area contributed by atoms with Gasteiger partial charge >= 0.3 is 0 Å². The predicted octanol–water partition coefficient (Wildman–Crippen LogP) is 3.39. The molecule has 1 aliphatic carbocycles. The van der Waals surface area contributed by atoms with Crippen molar-refractivity contribution in [3.63, 3.8) is 0 Å². The van der Waals surface area contributed by atoms with Crippen molar-refractivity contribution in [3.8, 4) is 0 Å². The van der Waals surface area contributed by atoms with Gasteiger partial charge in [0.05, 0.1) is 0 Å². The van der Waals surface area contributed by atoms with E-state index in [1.807, 2.05) is 0 Å². The van der Waals surface area contributed by atoms with Gasteiger partial charge in [-0.25, -0.2) is 0 Å². The molecule has 1 saturated carbocycles. The normalized spacial score (nSPS) is 33.7. The molecule has 0 aromatic heterocycles. The molecule has 0 saturated heterocycles. The predicted molar refractivity (Wildman–Crippen MR) is 45.9 cm³/mol. The van der Waals surface area contributed by atoms with E-state index in [1.54, 1.807) is 5.57 Å². The van der Waals surface area contributed by atoms with Crippen molar-refractivity contribution in [2.45, 2.75) is 40.0 Å². The molecule has 0 N–H and O–H groups in total. The molecule has 1 fully saturated rings. The lowest BCUT2D eigenvalue weighted by molar-refractivity contribution is 0.236. The Morgan fingerprint density at radius 1 is 1.50 bits per heavy atom. The molecule has 0 aromatic rings. The van der Waals surface area contributed by atoms with Gasteiger partial charge in [-0.3, -0.25) is 0 Å². The first-order valence-corrected chi connectivity index (χ1v) is 4.42. The Labute approximate surface area is 64.3 Å². The average molecular weight is 138 g/mol. The zero-order valence-electron chi connectivity index (χ0n) is 7.35. The highest BCUT2D eigenvalue weighted by atomic mass is 14.3. The highest BCUT2D eigenvalue weighted by molar-refractivity contribution is 5.08. The maximum atomic E-state index is 2.38. The number of hydrogen-bond donors (Lipinski definition) is 0. The summed E-state index contributed by atoms with van der Waals surface area (Å²) in [7, 11) is 0. The zero-order valence-corrected chi connectivity index (χ0v) is 7.35. The lowest BCUT2D eigenvalue weighted by Gasteiger charge is -2.34. The van der Waals surface area contributed by atoms with E-state index in [-0.39, 0.29) is 0 Å². The summed E-state index contributed by atoms with van der Waals surface area (Å²) in [4.78, 5) is 0. The summed E-state index contributed by atoms with van der Waals surface area (Å²) < 4.78 is 0. The van der Waals surface area contributed by atoms with Gasteiger partial charge in [0.2, 0.25) is 0 Å². The number of hydrogen-bond acceptors (Lipinski definition) is 0. The summed E-state index contributed by atoms with van der Waals surface area (Å²) in [6.07, 6.45) is 6.46. The van der Waals surface area contributed by atoms with Gasteiger partial charge < -0.3 is 0 Å². The van der Waals surface area contributed by atoms with Crippen molar-refractivity contribution in [3.05, 3.63) is 11.6 Å². The van der Waals surface area contributed by atoms with Crippen LogP contribution in [0.1, 0.15) is 40.0 Å². The third kappa shape index (κ3) is 1.42. The van der Waals surface area contributed by atoms with Crippen molar-refractivity contribution in [2.24, 2.45) is 11.8 Å². The van der Waals surface area contributed by atoms with Crippen LogP contribution in [0.25, 0.3) is 0 Å². The Kier molecular flexibility index (Phi) is 2.53. The van der Waals surface area contributed by atoms with Crippen LogP contribution in [0.2, 0.25) is 0 Å². The topological polar surface area (TPSA) is 0 Å². The molecular formula is C10H18. The lowest BCUT2D eigenvalue weighted by Crippen LogP contribution is -2.23. The SMILES string of the molecule is CCC=C(C)C1CCC1C. The van der Waals surface area contributed by atoms with Crippen molar-refractivity contribution >= 4 is 0 Å². The highest BCUT2D eigenvalue weighted by Gasteiger charge is 2.27. The second kappa shape index (κ2) is 3.23. The Morgan fingerprint density at radius 3 is 2.50 bits per heavy atom. The second-order valence-electron chi connectivity index (χ2n) is 3.52. The van der Waals surface area contributed by atoms with Gasteiger partial charge in [0.25, 0.3) is 0 Å². The maximum absolute atomic E-state index is 2.38. The molecule has 0 bridgehead atoms. The fourth-order valence-electron chi connectivity index (χ4n) is 1.82. The van der Waals surface area contributed by atoms with Crippen LogP contribution in [0.15, 0.2) is 11.6 Å². The molecule has 58 valence electrons. The number of allylic oxidation sites excluding steroid dienone is 2. The van der Waals surface area contributed by atoms with Crippen LogP contribution in [0, 0.1) is 11.8 Å². The monoisotopic (exact) mass is 138 g/mol. The molecule has 0 aliphatic heterocycles. The van der Waals surface area contributed by atoms with Crippen LogP contribution in [0.5, 0.6) is 0 Å². The molecule has 1 rings (SSSR count). The summed E-state index contributed by atoms with van der Waals surface area (Å²) in [5.41, 5.74) is 1.63. The molecule has 0 nitrogen and oxygen atoms in total. The fourth-order valence-corrected chi connectivity index (χ4v) is 1.82. The van der Waals surface area contributed by atoms with Crippen molar-refractivity contribution < 1.29 is 0 Å². The Hall–Kier alpha value is -0.260. The molecule has 0 aromatic carbocycles. The van der Waals surface area contributed by atoms with E-state index in [4.69, 9.17) is 0 Å². The van der Waals surface area contributed by atoms with Gasteiger partial charge in [-0.1, -0.05) is 25.5 Å². The zero-order chi connectivity index (χ0) is 7.56. The minimum absolute atomic E-state index is 0.931. The van der Waals surface area contributed by atoms with Crippen molar-refractivity contribution in [1.29, 1.82) is 0 Å². The van der Waals surface area contributed by atoms with Crippen molar-refractivity contribution in [1.82, 2.24) is 0 Å². The van der Waals surface area contributed by atoms with Gasteiger partial charge in [-0.05, 0) is 38.0 Å². The maximum Gasteiger partial charge on any atom is -0.0180 e. The van der Waals surface area contributed by atoms with Crippen LogP contribution in [-0.4, -0.2) is 0 Å². The van der Waals surface area contributed by atoms with Crippen LogP contribution in [0.4, 0.5) is 0 Å².